The molecule has 0 fully saturated rings. The molecule has 0 aliphatic rings. The standard InChI is InChI=1S/C20H25FN6O2.ClH/c1-5-29-20(28)23-14(11(2)3)10-15-24-17(22)16-19(25-15)27(4)18(26-16)12-7-6-8-13(21)9-12;/h6-9,11,14H,5,10H2,1-4H3,(H,23,28)(H2,22,24,25);1H. The number of nitrogen functional groups attached to an aromatic ring is 1. The number of fused-ring (bicyclic) bond motifs is 1. The van der Waals surface area contributed by atoms with Crippen LogP contribution in [0.15, 0.2) is 24.3 Å². The van der Waals surface area contributed by atoms with Crippen molar-refractivity contribution >= 4 is 35.5 Å². The zero-order valence-corrected chi connectivity index (χ0v) is 18.2. The Morgan fingerprint density at radius 2 is 2.03 bits per heavy atom. The van der Waals surface area contributed by atoms with Crippen LogP contribution >= 0.6 is 12.4 Å². The van der Waals surface area contributed by atoms with Crippen LogP contribution in [0.5, 0.6) is 0 Å². The minimum Gasteiger partial charge on any atom is -0.450 e. The highest BCUT2D eigenvalue weighted by Crippen LogP contribution is 2.26. The van der Waals surface area contributed by atoms with Crippen LogP contribution in [0.3, 0.4) is 0 Å². The van der Waals surface area contributed by atoms with Gasteiger partial charge < -0.3 is 20.4 Å². The number of halogens is 2. The molecule has 1 aromatic carbocycles. The number of amides is 1. The second-order valence-corrected chi connectivity index (χ2v) is 7.12. The van der Waals surface area contributed by atoms with Crippen molar-refractivity contribution in [2.24, 2.45) is 13.0 Å². The summed E-state index contributed by atoms with van der Waals surface area (Å²) in [4.78, 5) is 25.3. The number of imidazole rings is 1. The molecule has 0 spiro atoms. The van der Waals surface area contributed by atoms with Gasteiger partial charge in [-0.05, 0) is 25.0 Å². The van der Waals surface area contributed by atoms with E-state index in [-0.39, 0.29) is 36.0 Å². The lowest BCUT2D eigenvalue weighted by Crippen LogP contribution is -2.40. The van der Waals surface area contributed by atoms with Gasteiger partial charge in [0, 0.05) is 25.1 Å². The minimum atomic E-state index is -0.478. The maximum absolute atomic E-state index is 13.6. The average molecular weight is 437 g/mol. The summed E-state index contributed by atoms with van der Waals surface area (Å²) in [6.45, 7) is 6.03. The Labute approximate surface area is 180 Å². The largest absolute Gasteiger partial charge is 0.450 e. The third-order valence-corrected chi connectivity index (χ3v) is 4.66. The number of carbonyl (C=O) groups excluding carboxylic acids is 1. The van der Waals surface area contributed by atoms with Gasteiger partial charge in [0.2, 0.25) is 0 Å². The zero-order chi connectivity index (χ0) is 21.1. The second kappa shape index (κ2) is 9.71. The third kappa shape index (κ3) is 4.96. The first-order chi connectivity index (χ1) is 13.8. The molecule has 30 heavy (non-hydrogen) atoms. The van der Waals surface area contributed by atoms with Gasteiger partial charge in [0.15, 0.2) is 17.0 Å². The molecule has 0 saturated heterocycles. The van der Waals surface area contributed by atoms with Crippen molar-refractivity contribution in [2.45, 2.75) is 33.2 Å². The molecule has 3 rings (SSSR count). The van der Waals surface area contributed by atoms with Crippen molar-refractivity contribution in [1.82, 2.24) is 24.8 Å². The van der Waals surface area contributed by atoms with Crippen molar-refractivity contribution in [3.63, 3.8) is 0 Å². The number of nitrogens with zero attached hydrogens (tertiary/aromatic N) is 4. The summed E-state index contributed by atoms with van der Waals surface area (Å²) in [6.07, 6.45) is -0.0916. The van der Waals surface area contributed by atoms with Gasteiger partial charge in [-0.2, -0.15) is 0 Å². The van der Waals surface area contributed by atoms with Gasteiger partial charge in [-0.15, -0.1) is 12.4 Å². The molecule has 1 amide bonds. The quantitative estimate of drug-likeness (QED) is 0.612. The molecule has 2 aromatic heterocycles. The summed E-state index contributed by atoms with van der Waals surface area (Å²) >= 11 is 0. The van der Waals surface area contributed by atoms with Gasteiger partial charge in [-0.25, -0.2) is 24.1 Å². The first-order valence-electron chi connectivity index (χ1n) is 9.48. The lowest BCUT2D eigenvalue weighted by atomic mass is 10.0. The number of carbonyl (C=O) groups is 1. The average Bonchev–Trinajstić information content (AvgIpc) is 2.99. The fraction of sp³-hybridized carbons (Fsp3) is 0.400. The van der Waals surface area contributed by atoms with Crippen molar-refractivity contribution < 1.29 is 13.9 Å². The van der Waals surface area contributed by atoms with Crippen molar-refractivity contribution in [2.75, 3.05) is 12.3 Å². The Bertz CT molecular complexity index is 1040. The molecule has 2 heterocycles. The number of rotatable bonds is 6. The van der Waals surface area contributed by atoms with E-state index in [0.29, 0.717) is 41.4 Å². The molecular weight excluding hydrogens is 411 g/mol. The van der Waals surface area contributed by atoms with Gasteiger partial charge in [0.05, 0.1) is 6.61 Å². The minimum absolute atomic E-state index is 0. The third-order valence-electron chi connectivity index (χ3n) is 4.66. The van der Waals surface area contributed by atoms with Gasteiger partial charge in [0.25, 0.3) is 0 Å². The maximum atomic E-state index is 13.6. The number of aryl methyl sites for hydroxylation is 1. The predicted molar refractivity (Wildman–Crippen MR) is 116 cm³/mol. The molecule has 0 radical (unpaired) electrons. The fourth-order valence-electron chi connectivity index (χ4n) is 3.08. The molecule has 1 unspecified atom stereocenters. The van der Waals surface area contributed by atoms with E-state index in [2.05, 4.69) is 20.3 Å². The van der Waals surface area contributed by atoms with Crippen LogP contribution in [0.1, 0.15) is 26.6 Å². The number of hydrogen-bond donors (Lipinski definition) is 2. The summed E-state index contributed by atoms with van der Waals surface area (Å²) in [6, 6.07) is 5.96. The molecule has 0 bridgehead atoms. The van der Waals surface area contributed by atoms with E-state index in [1.165, 1.54) is 12.1 Å². The first-order valence-corrected chi connectivity index (χ1v) is 9.48. The number of aromatic nitrogens is 4. The summed E-state index contributed by atoms with van der Waals surface area (Å²) in [5.41, 5.74) is 7.76. The van der Waals surface area contributed by atoms with Gasteiger partial charge in [-0.1, -0.05) is 26.0 Å². The number of alkyl carbamates (subject to hydrolysis) is 1. The van der Waals surface area contributed by atoms with Crippen molar-refractivity contribution in [1.29, 1.82) is 0 Å². The molecule has 3 N–H and O–H groups in total. The molecular formula is C20H26ClFN6O2. The molecule has 0 saturated carbocycles. The van der Waals surface area contributed by atoms with E-state index in [4.69, 9.17) is 10.5 Å². The summed E-state index contributed by atoms with van der Waals surface area (Å²) in [5.74, 6) is 1.05. The van der Waals surface area contributed by atoms with Gasteiger partial charge in [0.1, 0.15) is 17.5 Å². The molecule has 8 nitrogen and oxygen atoms in total. The smallest absolute Gasteiger partial charge is 0.407 e. The van der Waals surface area contributed by atoms with E-state index in [9.17, 15) is 9.18 Å². The van der Waals surface area contributed by atoms with Crippen molar-refractivity contribution in [3.8, 4) is 11.4 Å². The fourth-order valence-corrected chi connectivity index (χ4v) is 3.08. The zero-order valence-electron chi connectivity index (χ0n) is 17.3. The summed E-state index contributed by atoms with van der Waals surface area (Å²) in [5, 5.41) is 2.84. The Morgan fingerprint density at radius 3 is 2.67 bits per heavy atom. The number of ether oxygens (including phenoxy) is 1. The number of nitrogens with two attached hydrogens (primary N) is 1. The molecule has 1 atom stereocenters. The van der Waals surface area contributed by atoms with Crippen LogP contribution in [0, 0.1) is 11.7 Å². The number of anilines is 1. The summed E-state index contributed by atoms with van der Waals surface area (Å²) < 4.78 is 20.4. The van der Waals surface area contributed by atoms with Crippen LogP contribution in [0.4, 0.5) is 15.0 Å². The van der Waals surface area contributed by atoms with E-state index in [1.54, 1.807) is 30.7 Å². The van der Waals surface area contributed by atoms with E-state index >= 15 is 0 Å². The Morgan fingerprint density at radius 1 is 1.30 bits per heavy atom. The van der Waals surface area contributed by atoms with Crippen LogP contribution in [0.2, 0.25) is 0 Å². The van der Waals surface area contributed by atoms with Crippen LogP contribution < -0.4 is 11.1 Å². The Balaban J connectivity index is 0.00000320. The number of hydrogen-bond acceptors (Lipinski definition) is 6. The number of benzene rings is 1. The molecule has 3 aromatic rings. The monoisotopic (exact) mass is 436 g/mol. The van der Waals surface area contributed by atoms with Crippen LogP contribution in [-0.4, -0.2) is 38.3 Å². The Hall–Kier alpha value is -2.94. The van der Waals surface area contributed by atoms with Crippen molar-refractivity contribution in [3.05, 3.63) is 35.9 Å². The highest BCUT2D eigenvalue weighted by Gasteiger charge is 2.21. The van der Waals surface area contributed by atoms with Gasteiger partial charge >= 0.3 is 6.09 Å². The van der Waals surface area contributed by atoms with Gasteiger partial charge in [-0.3, -0.25) is 0 Å². The normalized spacial score (nSPS) is 11.9. The molecule has 0 aliphatic carbocycles. The maximum Gasteiger partial charge on any atom is 0.407 e. The second-order valence-electron chi connectivity index (χ2n) is 7.12. The number of nitrogens with one attached hydrogen (secondary N) is 1. The lowest BCUT2D eigenvalue weighted by Gasteiger charge is -2.21. The highest BCUT2D eigenvalue weighted by molar-refractivity contribution is 5.86. The van der Waals surface area contributed by atoms with E-state index in [0.717, 1.165) is 0 Å². The SMILES string of the molecule is CCOC(=O)NC(Cc1nc(N)c2nc(-c3cccc(F)c3)n(C)c2n1)C(C)C.Cl. The highest BCUT2D eigenvalue weighted by atomic mass is 35.5. The summed E-state index contributed by atoms with van der Waals surface area (Å²) in [7, 11) is 1.79. The molecule has 0 aliphatic heterocycles. The topological polar surface area (TPSA) is 108 Å². The predicted octanol–water partition coefficient (Wildman–Crippen LogP) is 3.49. The van der Waals surface area contributed by atoms with E-state index < -0.39 is 6.09 Å². The first kappa shape index (κ1) is 23.3. The van der Waals surface area contributed by atoms with E-state index in [1.807, 2.05) is 13.8 Å². The van der Waals surface area contributed by atoms with Crippen LogP contribution in [0.25, 0.3) is 22.6 Å². The molecule has 162 valence electrons. The lowest BCUT2D eigenvalue weighted by molar-refractivity contribution is 0.144. The molecule has 10 heteroatoms. The Kier molecular flexibility index (Phi) is 7.55. The van der Waals surface area contributed by atoms with Crippen LogP contribution in [-0.2, 0) is 18.2 Å².